The summed E-state index contributed by atoms with van der Waals surface area (Å²) in [6, 6.07) is 11.5. The maximum Gasteiger partial charge on any atom is 0.258 e. The van der Waals surface area contributed by atoms with Crippen molar-refractivity contribution in [1.29, 1.82) is 0 Å². The number of aromatic nitrogens is 2. The summed E-state index contributed by atoms with van der Waals surface area (Å²) in [5.74, 6) is 0.897. The molecule has 2 N–H and O–H groups in total. The van der Waals surface area contributed by atoms with E-state index in [4.69, 9.17) is 16.3 Å². The first-order valence-electron chi connectivity index (χ1n) is 8.74. The largest absolute Gasteiger partial charge is 0.496 e. The number of halogens is 1. The Bertz CT molecular complexity index is 967. The van der Waals surface area contributed by atoms with Gasteiger partial charge in [0.25, 0.3) is 5.91 Å². The Balaban J connectivity index is 1.66. The summed E-state index contributed by atoms with van der Waals surface area (Å²) in [4.78, 5) is 20.9. The first-order valence-corrected chi connectivity index (χ1v) is 9.11. The zero-order valence-electron chi connectivity index (χ0n) is 15.9. The van der Waals surface area contributed by atoms with Gasteiger partial charge in [-0.1, -0.05) is 35.9 Å². The van der Waals surface area contributed by atoms with Crippen molar-refractivity contribution in [3.05, 3.63) is 76.1 Å². The number of anilines is 2. The summed E-state index contributed by atoms with van der Waals surface area (Å²) in [5, 5.41) is 6.45. The fraction of sp³-hybridized carbons (Fsp3) is 0.190. The van der Waals surface area contributed by atoms with E-state index in [1.54, 1.807) is 7.11 Å². The van der Waals surface area contributed by atoms with Gasteiger partial charge in [0.1, 0.15) is 5.75 Å². The van der Waals surface area contributed by atoms with Crippen molar-refractivity contribution in [2.45, 2.75) is 20.4 Å². The number of para-hydroxylation sites is 1. The lowest BCUT2D eigenvalue weighted by molar-refractivity contribution is 0.102. The van der Waals surface area contributed by atoms with Gasteiger partial charge in [0, 0.05) is 24.5 Å². The predicted octanol–water partition coefficient (Wildman–Crippen LogP) is 4.62. The fourth-order valence-corrected chi connectivity index (χ4v) is 3.19. The van der Waals surface area contributed by atoms with Crippen molar-refractivity contribution < 1.29 is 9.53 Å². The average molecular weight is 397 g/mol. The van der Waals surface area contributed by atoms with Gasteiger partial charge < -0.3 is 15.4 Å². The lowest BCUT2D eigenvalue weighted by Crippen LogP contribution is -2.14. The number of hydrogen-bond acceptors (Lipinski definition) is 5. The molecule has 28 heavy (non-hydrogen) atoms. The van der Waals surface area contributed by atoms with Gasteiger partial charge in [0.05, 0.1) is 23.4 Å². The molecule has 144 valence electrons. The van der Waals surface area contributed by atoms with Gasteiger partial charge in [-0.15, -0.1) is 0 Å². The van der Waals surface area contributed by atoms with Gasteiger partial charge >= 0.3 is 0 Å². The van der Waals surface area contributed by atoms with Crippen LogP contribution in [0.5, 0.6) is 5.75 Å². The van der Waals surface area contributed by atoms with Crippen LogP contribution in [0, 0.1) is 13.8 Å². The van der Waals surface area contributed by atoms with Gasteiger partial charge in [-0.2, -0.15) is 0 Å². The van der Waals surface area contributed by atoms with E-state index >= 15 is 0 Å². The molecule has 0 saturated carbocycles. The predicted molar refractivity (Wildman–Crippen MR) is 111 cm³/mol. The van der Waals surface area contributed by atoms with Crippen molar-refractivity contribution in [2.75, 3.05) is 17.7 Å². The number of benzene rings is 2. The van der Waals surface area contributed by atoms with Crippen molar-refractivity contribution in [3.63, 3.8) is 0 Å². The van der Waals surface area contributed by atoms with E-state index in [9.17, 15) is 4.79 Å². The molecule has 0 fully saturated rings. The van der Waals surface area contributed by atoms with Crippen LogP contribution in [0.3, 0.4) is 0 Å². The maximum absolute atomic E-state index is 12.5. The van der Waals surface area contributed by atoms with Crippen LogP contribution < -0.4 is 15.4 Å². The second-order valence-corrected chi connectivity index (χ2v) is 6.76. The highest BCUT2D eigenvalue weighted by Gasteiger charge is 2.12. The summed E-state index contributed by atoms with van der Waals surface area (Å²) in [5.41, 5.74) is 3.86. The summed E-state index contributed by atoms with van der Waals surface area (Å²) in [6.45, 7) is 4.36. The van der Waals surface area contributed by atoms with Crippen LogP contribution in [-0.2, 0) is 6.54 Å². The van der Waals surface area contributed by atoms with Crippen LogP contribution in [0.15, 0.2) is 48.8 Å². The van der Waals surface area contributed by atoms with Gasteiger partial charge in [0.2, 0.25) is 5.95 Å². The van der Waals surface area contributed by atoms with Crippen LogP contribution in [-0.4, -0.2) is 23.0 Å². The third kappa shape index (κ3) is 4.58. The second-order valence-electron chi connectivity index (χ2n) is 6.35. The number of rotatable bonds is 6. The number of aryl methyl sites for hydroxylation is 2. The van der Waals surface area contributed by atoms with E-state index in [-0.39, 0.29) is 5.91 Å². The Morgan fingerprint density at radius 3 is 2.54 bits per heavy atom. The lowest BCUT2D eigenvalue weighted by atomic mass is 10.1. The Kier molecular flexibility index (Phi) is 6.11. The summed E-state index contributed by atoms with van der Waals surface area (Å²) in [7, 11) is 1.63. The molecule has 0 aliphatic rings. The van der Waals surface area contributed by atoms with E-state index in [1.165, 1.54) is 12.4 Å². The Morgan fingerprint density at radius 1 is 1.14 bits per heavy atom. The minimum Gasteiger partial charge on any atom is -0.496 e. The Hall–Kier alpha value is -3.12. The average Bonchev–Trinajstić information content (AvgIpc) is 2.69. The van der Waals surface area contributed by atoms with Gasteiger partial charge in [0.15, 0.2) is 0 Å². The summed E-state index contributed by atoms with van der Waals surface area (Å²) >= 11 is 6.25. The third-order valence-corrected chi connectivity index (χ3v) is 4.51. The topological polar surface area (TPSA) is 76.1 Å². The zero-order chi connectivity index (χ0) is 20.1. The molecule has 3 rings (SSSR count). The lowest BCUT2D eigenvalue weighted by Gasteiger charge is -2.12. The van der Waals surface area contributed by atoms with E-state index < -0.39 is 0 Å². The molecule has 1 heterocycles. The molecule has 3 aromatic rings. The van der Waals surface area contributed by atoms with Crippen LogP contribution >= 0.6 is 11.6 Å². The van der Waals surface area contributed by atoms with Gasteiger partial charge in [-0.3, -0.25) is 4.79 Å². The van der Waals surface area contributed by atoms with E-state index in [1.807, 2.05) is 50.2 Å². The third-order valence-electron chi connectivity index (χ3n) is 4.21. The Labute approximate surface area is 168 Å². The number of nitrogens with one attached hydrogen (secondary N) is 2. The number of hydrogen-bond donors (Lipinski definition) is 2. The minimum absolute atomic E-state index is 0.315. The Morgan fingerprint density at radius 2 is 1.86 bits per heavy atom. The highest BCUT2D eigenvalue weighted by Crippen LogP contribution is 2.27. The number of methoxy groups -OCH3 is 1. The highest BCUT2D eigenvalue weighted by molar-refractivity contribution is 6.34. The fourth-order valence-electron chi connectivity index (χ4n) is 2.82. The number of carbonyl (C=O) groups is 1. The van der Waals surface area contributed by atoms with E-state index in [2.05, 4.69) is 20.6 Å². The molecule has 0 atom stereocenters. The summed E-state index contributed by atoms with van der Waals surface area (Å²) < 4.78 is 5.32. The standard InChI is InChI=1S/C21H21ClN4O2/c1-13-8-14(2)19(17(22)9-13)26-20(27)16-11-24-21(25-12-16)23-10-15-6-4-5-7-18(15)28-3/h4-9,11-12H,10H2,1-3H3,(H,26,27)(H,23,24,25). The molecular formula is C21H21ClN4O2. The van der Waals surface area contributed by atoms with Crippen LogP contribution in [0.25, 0.3) is 0 Å². The monoisotopic (exact) mass is 396 g/mol. The number of carbonyl (C=O) groups excluding carboxylic acids is 1. The molecule has 1 aromatic heterocycles. The molecule has 0 radical (unpaired) electrons. The molecule has 0 bridgehead atoms. The molecule has 6 nitrogen and oxygen atoms in total. The quantitative estimate of drug-likeness (QED) is 0.635. The molecule has 0 aliphatic heterocycles. The van der Waals surface area contributed by atoms with Crippen molar-refractivity contribution >= 4 is 29.1 Å². The smallest absolute Gasteiger partial charge is 0.258 e. The molecule has 0 unspecified atom stereocenters. The zero-order valence-corrected chi connectivity index (χ0v) is 16.7. The van der Waals surface area contributed by atoms with Crippen molar-refractivity contribution in [2.24, 2.45) is 0 Å². The molecule has 7 heteroatoms. The normalized spacial score (nSPS) is 10.4. The first kappa shape index (κ1) is 19.6. The molecule has 0 spiro atoms. The highest BCUT2D eigenvalue weighted by atomic mass is 35.5. The van der Waals surface area contributed by atoms with Crippen LogP contribution in [0.4, 0.5) is 11.6 Å². The molecule has 0 aliphatic carbocycles. The van der Waals surface area contributed by atoms with Crippen LogP contribution in [0.2, 0.25) is 5.02 Å². The molecule has 2 aromatic carbocycles. The minimum atomic E-state index is -0.315. The first-order chi connectivity index (χ1) is 13.5. The molecule has 1 amide bonds. The van der Waals surface area contributed by atoms with Crippen molar-refractivity contribution in [3.8, 4) is 5.75 Å². The number of ether oxygens (including phenoxy) is 1. The molecular weight excluding hydrogens is 376 g/mol. The van der Waals surface area contributed by atoms with Crippen LogP contribution in [0.1, 0.15) is 27.0 Å². The van der Waals surface area contributed by atoms with E-state index in [0.29, 0.717) is 28.8 Å². The summed E-state index contributed by atoms with van der Waals surface area (Å²) in [6.07, 6.45) is 2.95. The molecule has 0 saturated heterocycles. The van der Waals surface area contributed by atoms with E-state index in [0.717, 1.165) is 22.4 Å². The van der Waals surface area contributed by atoms with Gasteiger partial charge in [-0.05, 0) is 37.1 Å². The SMILES string of the molecule is COc1ccccc1CNc1ncc(C(=O)Nc2c(C)cc(C)cc2Cl)cn1. The second kappa shape index (κ2) is 8.71. The maximum atomic E-state index is 12.5. The van der Waals surface area contributed by atoms with Crippen molar-refractivity contribution in [1.82, 2.24) is 9.97 Å². The number of amides is 1. The van der Waals surface area contributed by atoms with Gasteiger partial charge in [-0.25, -0.2) is 9.97 Å². The number of nitrogens with zero attached hydrogens (tertiary/aromatic N) is 2.